The number of rotatable bonds is 3. The van der Waals surface area contributed by atoms with Gasteiger partial charge < -0.3 is 15.8 Å². The van der Waals surface area contributed by atoms with Crippen molar-refractivity contribution >= 4 is 5.96 Å². The molecule has 2 heterocycles. The summed E-state index contributed by atoms with van der Waals surface area (Å²) in [5, 5.41) is 18.7. The van der Waals surface area contributed by atoms with Gasteiger partial charge >= 0.3 is 0 Å². The molecule has 2 aliphatic rings. The summed E-state index contributed by atoms with van der Waals surface area (Å²) in [6, 6.07) is 0. The second-order valence-electron chi connectivity index (χ2n) is 4.93. The first-order chi connectivity index (χ1) is 9.29. The molecule has 2 fully saturated rings. The van der Waals surface area contributed by atoms with Crippen LogP contribution in [0.3, 0.4) is 0 Å². The first kappa shape index (κ1) is 13.9. The zero-order chi connectivity index (χ0) is 13.5. The number of ether oxygens (including phenoxy) is 1. The summed E-state index contributed by atoms with van der Waals surface area (Å²) in [7, 11) is 0. The lowest BCUT2D eigenvalue weighted by molar-refractivity contribution is 0.0386. The number of piperidine rings is 1. The van der Waals surface area contributed by atoms with Gasteiger partial charge in [0.1, 0.15) is 0 Å². The number of nitrogens with zero attached hydrogens (tertiary/aromatic N) is 4. The predicted molar refractivity (Wildman–Crippen MR) is 71.9 cm³/mol. The van der Waals surface area contributed by atoms with Crippen LogP contribution < -0.4 is 11.1 Å². The Balaban J connectivity index is 1.88. The smallest absolute Gasteiger partial charge is 0.227 e. The molecule has 0 aromatic carbocycles. The molecule has 2 saturated heterocycles. The molecule has 19 heavy (non-hydrogen) atoms. The average molecular weight is 266 g/mol. The highest BCUT2D eigenvalue weighted by molar-refractivity contribution is 5.79. The van der Waals surface area contributed by atoms with Crippen LogP contribution in [-0.2, 0) is 4.74 Å². The Labute approximate surface area is 114 Å². The fourth-order valence-electron chi connectivity index (χ4n) is 2.36. The number of nitrogens with one attached hydrogen (secondary N) is 1. The van der Waals surface area contributed by atoms with Gasteiger partial charge in [0.2, 0.25) is 5.96 Å². The third-order valence-corrected chi connectivity index (χ3v) is 3.53. The SMILES string of the molecule is N#CN(CC1CCNCC1)/C(N)=N/N1CCOCC1. The van der Waals surface area contributed by atoms with Crippen molar-refractivity contribution in [3.63, 3.8) is 0 Å². The summed E-state index contributed by atoms with van der Waals surface area (Å²) in [5.74, 6) is 0.808. The molecular weight excluding hydrogens is 244 g/mol. The number of guanidine groups is 1. The van der Waals surface area contributed by atoms with E-state index in [9.17, 15) is 5.26 Å². The summed E-state index contributed by atoms with van der Waals surface area (Å²) in [4.78, 5) is 1.51. The van der Waals surface area contributed by atoms with Crippen LogP contribution in [-0.4, -0.2) is 61.8 Å². The average Bonchev–Trinajstić information content (AvgIpc) is 2.47. The van der Waals surface area contributed by atoms with E-state index in [0.29, 0.717) is 31.6 Å². The molecule has 0 bridgehead atoms. The van der Waals surface area contributed by atoms with E-state index >= 15 is 0 Å². The van der Waals surface area contributed by atoms with Gasteiger partial charge in [0, 0.05) is 6.54 Å². The topological polar surface area (TPSA) is 89.9 Å². The molecule has 0 spiro atoms. The third kappa shape index (κ3) is 4.26. The van der Waals surface area contributed by atoms with E-state index < -0.39 is 0 Å². The molecule has 7 nitrogen and oxygen atoms in total. The van der Waals surface area contributed by atoms with Crippen molar-refractivity contribution in [1.29, 1.82) is 5.26 Å². The zero-order valence-electron chi connectivity index (χ0n) is 11.2. The van der Waals surface area contributed by atoms with E-state index in [-0.39, 0.29) is 0 Å². The fraction of sp³-hybridized carbons (Fsp3) is 0.833. The van der Waals surface area contributed by atoms with Crippen molar-refractivity contribution < 1.29 is 4.74 Å². The lowest BCUT2D eigenvalue weighted by atomic mass is 9.98. The standard InChI is InChI=1S/C12H22N6O/c13-10-17(9-11-1-3-15-4-2-11)12(14)16-18-5-7-19-8-6-18/h11,15H,1-9H2,(H2,14,16). The van der Waals surface area contributed by atoms with Crippen LogP contribution >= 0.6 is 0 Å². The maximum atomic E-state index is 9.21. The minimum absolute atomic E-state index is 0.294. The highest BCUT2D eigenvalue weighted by Crippen LogP contribution is 2.13. The van der Waals surface area contributed by atoms with E-state index in [1.165, 1.54) is 4.90 Å². The van der Waals surface area contributed by atoms with Crippen LogP contribution in [0.4, 0.5) is 0 Å². The van der Waals surface area contributed by atoms with E-state index in [1.54, 1.807) is 0 Å². The van der Waals surface area contributed by atoms with E-state index in [0.717, 1.165) is 39.0 Å². The number of nitrogens with two attached hydrogens (primary N) is 1. The maximum Gasteiger partial charge on any atom is 0.227 e. The zero-order valence-corrected chi connectivity index (χ0v) is 11.2. The van der Waals surface area contributed by atoms with Crippen LogP contribution in [0.5, 0.6) is 0 Å². The lowest BCUT2D eigenvalue weighted by Crippen LogP contribution is -2.42. The van der Waals surface area contributed by atoms with Gasteiger partial charge in [0.05, 0.1) is 26.3 Å². The van der Waals surface area contributed by atoms with E-state index in [4.69, 9.17) is 10.5 Å². The Morgan fingerprint density at radius 3 is 2.74 bits per heavy atom. The van der Waals surface area contributed by atoms with E-state index in [2.05, 4.69) is 16.6 Å². The van der Waals surface area contributed by atoms with Crippen LogP contribution in [0.1, 0.15) is 12.8 Å². The van der Waals surface area contributed by atoms with Crippen molar-refractivity contribution in [1.82, 2.24) is 15.2 Å². The Kier molecular flexibility index (Phi) is 5.24. The second kappa shape index (κ2) is 7.16. The van der Waals surface area contributed by atoms with Gasteiger partial charge in [-0.1, -0.05) is 0 Å². The van der Waals surface area contributed by atoms with Gasteiger partial charge in [-0.2, -0.15) is 5.26 Å². The first-order valence-electron chi connectivity index (χ1n) is 6.84. The molecule has 0 atom stereocenters. The molecule has 0 saturated carbocycles. The molecule has 106 valence electrons. The third-order valence-electron chi connectivity index (χ3n) is 3.53. The van der Waals surface area contributed by atoms with Crippen LogP contribution in [0.25, 0.3) is 0 Å². The van der Waals surface area contributed by atoms with Gasteiger partial charge in [-0.25, -0.2) is 4.90 Å². The summed E-state index contributed by atoms with van der Waals surface area (Å²) in [6.45, 7) is 5.49. The van der Waals surface area contributed by atoms with Gasteiger partial charge in [-0.05, 0) is 31.8 Å². The molecule has 2 aliphatic heterocycles. The Bertz CT molecular complexity index is 341. The molecule has 0 unspecified atom stereocenters. The number of hydrogen-bond acceptors (Lipinski definition) is 5. The van der Waals surface area contributed by atoms with Crippen molar-refractivity contribution in [2.24, 2.45) is 16.8 Å². The quantitative estimate of drug-likeness (QED) is 0.305. The van der Waals surface area contributed by atoms with Crippen LogP contribution in [0.15, 0.2) is 5.10 Å². The minimum atomic E-state index is 0.294. The number of hydrogen-bond donors (Lipinski definition) is 2. The predicted octanol–water partition coefficient (Wildman–Crippen LogP) is -0.669. The maximum absolute atomic E-state index is 9.21. The largest absolute Gasteiger partial charge is 0.378 e. The van der Waals surface area contributed by atoms with Gasteiger partial charge in [-0.3, -0.25) is 5.01 Å². The Hall–Kier alpha value is -1.52. The molecule has 0 aromatic heterocycles. The Morgan fingerprint density at radius 2 is 2.11 bits per heavy atom. The second-order valence-corrected chi connectivity index (χ2v) is 4.93. The van der Waals surface area contributed by atoms with E-state index in [1.807, 2.05) is 5.01 Å². The molecular formula is C12H22N6O. The number of nitriles is 1. The van der Waals surface area contributed by atoms with Crippen LogP contribution in [0, 0.1) is 17.4 Å². The number of hydrazone groups is 1. The van der Waals surface area contributed by atoms with Crippen molar-refractivity contribution in [2.45, 2.75) is 12.8 Å². The molecule has 2 rings (SSSR count). The summed E-state index contributed by atoms with van der Waals surface area (Å²) in [6.07, 6.45) is 4.31. The lowest BCUT2D eigenvalue weighted by Gasteiger charge is -2.28. The fourth-order valence-corrected chi connectivity index (χ4v) is 2.36. The van der Waals surface area contributed by atoms with Crippen molar-refractivity contribution in [3.05, 3.63) is 0 Å². The Morgan fingerprint density at radius 1 is 1.42 bits per heavy atom. The summed E-state index contributed by atoms with van der Waals surface area (Å²) in [5.41, 5.74) is 5.93. The molecule has 0 aromatic rings. The monoisotopic (exact) mass is 266 g/mol. The highest BCUT2D eigenvalue weighted by Gasteiger charge is 2.19. The summed E-state index contributed by atoms with van der Waals surface area (Å²) >= 11 is 0. The van der Waals surface area contributed by atoms with Crippen molar-refractivity contribution in [3.8, 4) is 6.19 Å². The molecule has 0 amide bonds. The molecule has 3 N–H and O–H groups in total. The van der Waals surface area contributed by atoms with Gasteiger partial charge in [0.15, 0.2) is 6.19 Å². The number of morpholine rings is 1. The van der Waals surface area contributed by atoms with Crippen LogP contribution in [0.2, 0.25) is 0 Å². The molecule has 7 heteroatoms. The highest BCUT2D eigenvalue weighted by atomic mass is 16.5. The van der Waals surface area contributed by atoms with Gasteiger partial charge in [0.25, 0.3) is 0 Å². The minimum Gasteiger partial charge on any atom is -0.378 e. The first-order valence-corrected chi connectivity index (χ1v) is 6.84. The van der Waals surface area contributed by atoms with Crippen molar-refractivity contribution in [2.75, 3.05) is 45.9 Å². The molecule has 0 aliphatic carbocycles. The van der Waals surface area contributed by atoms with Gasteiger partial charge in [-0.15, -0.1) is 5.10 Å². The summed E-state index contributed by atoms with van der Waals surface area (Å²) < 4.78 is 5.25. The normalized spacial score (nSPS) is 22.1. The molecule has 0 radical (unpaired) electrons.